The molecule has 0 unspecified atom stereocenters. The molecule has 0 spiro atoms. The van der Waals surface area contributed by atoms with Gasteiger partial charge in [0, 0.05) is 0 Å². The molecule has 0 aliphatic carbocycles. The first-order valence-corrected chi connectivity index (χ1v) is 5.96. The van der Waals surface area contributed by atoms with Crippen LogP contribution in [0.3, 0.4) is 0 Å². The quantitative estimate of drug-likeness (QED) is 0.767. The van der Waals surface area contributed by atoms with Gasteiger partial charge in [0.15, 0.2) is 5.69 Å². The third-order valence-electron chi connectivity index (χ3n) is 1.68. The van der Waals surface area contributed by atoms with Crippen molar-refractivity contribution in [2.75, 3.05) is 5.73 Å². The molecule has 0 fully saturated rings. The summed E-state index contributed by atoms with van der Waals surface area (Å²) in [6, 6.07) is 0. The number of rotatable bonds is 3. The molecule has 0 aliphatic rings. The number of nitrogens with one attached hydrogen (secondary N) is 1. The Morgan fingerprint density at radius 1 is 1.50 bits per heavy atom. The van der Waals surface area contributed by atoms with Crippen molar-refractivity contribution in [1.29, 1.82) is 0 Å². The zero-order valence-corrected chi connectivity index (χ0v) is 11.1. The molecule has 0 bridgehead atoms. The number of thiazole rings is 1. The highest BCUT2D eigenvalue weighted by Crippen LogP contribution is 2.20. The van der Waals surface area contributed by atoms with Crippen LogP contribution < -0.4 is 11.1 Å². The summed E-state index contributed by atoms with van der Waals surface area (Å²) in [4.78, 5) is 25.9. The van der Waals surface area contributed by atoms with Crippen molar-refractivity contribution in [3.05, 3.63) is 10.7 Å². The van der Waals surface area contributed by atoms with E-state index in [9.17, 15) is 9.59 Å². The summed E-state index contributed by atoms with van der Waals surface area (Å²) < 4.78 is 5.02. The third-order valence-corrected chi connectivity index (χ3v) is 2.57. The number of hydrogen-bond acceptors (Lipinski definition) is 6. The van der Waals surface area contributed by atoms with Gasteiger partial charge in [-0.1, -0.05) is 11.3 Å². The van der Waals surface area contributed by atoms with Crippen LogP contribution in [0.15, 0.2) is 0 Å². The second-order valence-corrected chi connectivity index (χ2v) is 5.60. The number of carboxylic acid groups (broad SMARTS) is 1. The zero-order chi connectivity index (χ0) is 13.9. The van der Waals surface area contributed by atoms with Crippen LogP contribution in [0.2, 0.25) is 0 Å². The summed E-state index contributed by atoms with van der Waals surface area (Å²) in [5.41, 5.74) is 4.70. The van der Waals surface area contributed by atoms with Crippen LogP contribution in [-0.2, 0) is 11.3 Å². The number of aromatic nitrogens is 1. The largest absolute Gasteiger partial charge is 0.476 e. The lowest BCUT2D eigenvalue weighted by atomic mass is 10.2. The SMILES string of the molecule is CC(C)(C)OC(=O)NCc1nc(C(=O)O)c(N)s1. The predicted octanol–water partition coefficient (Wildman–Crippen LogP) is 1.45. The Morgan fingerprint density at radius 2 is 2.11 bits per heavy atom. The fourth-order valence-corrected chi connectivity index (χ4v) is 1.83. The molecule has 0 radical (unpaired) electrons. The number of aromatic carboxylic acids is 1. The molecule has 100 valence electrons. The first kappa shape index (κ1) is 14.2. The topological polar surface area (TPSA) is 115 Å². The van der Waals surface area contributed by atoms with Crippen LogP contribution in [0.5, 0.6) is 0 Å². The Balaban J connectivity index is 2.57. The normalized spacial score (nSPS) is 11.1. The molecule has 1 amide bonds. The third kappa shape index (κ3) is 4.21. The molecular formula is C10H15N3O4S. The van der Waals surface area contributed by atoms with Crippen LogP contribution in [0, 0.1) is 0 Å². The molecule has 7 nitrogen and oxygen atoms in total. The standard InChI is InChI=1S/C10H15N3O4S/c1-10(2,3)17-9(16)12-4-5-13-6(8(14)15)7(11)18-5/h4,11H2,1-3H3,(H,12,16)(H,14,15). The van der Waals surface area contributed by atoms with E-state index in [1.165, 1.54) is 0 Å². The van der Waals surface area contributed by atoms with E-state index in [4.69, 9.17) is 15.6 Å². The number of nitrogens with zero attached hydrogens (tertiary/aromatic N) is 1. The maximum Gasteiger partial charge on any atom is 0.408 e. The molecule has 4 N–H and O–H groups in total. The van der Waals surface area contributed by atoms with E-state index in [0.717, 1.165) is 11.3 Å². The van der Waals surface area contributed by atoms with Gasteiger partial charge in [-0.2, -0.15) is 0 Å². The van der Waals surface area contributed by atoms with Crippen LogP contribution in [0.1, 0.15) is 36.3 Å². The number of carboxylic acids is 1. The lowest BCUT2D eigenvalue weighted by Gasteiger charge is -2.19. The summed E-state index contributed by atoms with van der Waals surface area (Å²) in [6.45, 7) is 5.32. The van der Waals surface area contributed by atoms with Gasteiger partial charge in [-0.3, -0.25) is 0 Å². The van der Waals surface area contributed by atoms with Gasteiger partial charge in [-0.15, -0.1) is 0 Å². The lowest BCUT2D eigenvalue weighted by molar-refractivity contribution is 0.0523. The van der Waals surface area contributed by atoms with Gasteiger partial charge in [-0.25, -0.2) is 14.6 Å². The van der Waals surface area contributed by atoms with Gasteiger partial charge >= 0.3 is 12.1 Å². The molecule has 8 heteroatoms. The Labute approximate surface area is 108 Å². The molecule has 1 aromatic rings. The zero-order valence-electron chi connectivity index (χ0n) is 10.3. The van der Waals surface area contributed by atoms with Crippen molar-refractivity contribution in [1.82, 2.24) is 10.3 Å². The first-order chi connectivity index (χ1) is 8.19. The number of carbonyl (C=O) groups excluding carboxylic acids is 1. The first-order valence-electron chi connectivity index (χ1n) is 5.14. The summed E-state index contributed by atoms with van der Waals surface area (Å²) in [7, 11) is 0. The molecule has 1 heterocycles. The summed E-state index contributed by atoms with van der Waals surface area (Å²) in [5, 5.41) is 11.8. The molecule has 0 aliphatic heterocycles. The van der Waals surface area contributed by atoms with Gasteiger partial charge in [0.05, 0.1) is 6.54 Å². The molecule has 1 aromatic heterocycles. The van der Waals surface area contributed by atoms with Crippen LogP contribution in [-0.4, -0.2) is 27.8 Å². The van der Waals surface area contributed by atoms with Crippen molar-refractivity contribution in [2.24, 2.45) is 0 Å². The van der Waals surface area contributed by atoms with E-state index in [-0.39, 0.29) is 17.2 Å². The Bertz CT molecular complexity index is 464. The second kappa shape index (κ2) is 5.21. The Kier molecular flexibility index (Phi) is 4.12. The highest BCUT2D eigenvalue weighted by Gasteiger charge is 2.18. The van der Waals surface area contributed by atoms with Gasteiger partial charge < -0.3 is 20.9 Å². The van der Waals surface area contributed by atoms with E-state index in [0.29, 0.717) is 5.01 Å². The molecular weight excluding hydrogens is 258 g/mol. The van der Waals surface area contributed by atoms with Crippen LogP contribution in [0.4, 0.5) is 9.80 Å². The molecule has 0 saturated carbocycles. The lowest BCUT2D eigenvalue weighted by Crippen LogP contribution is -2.32. The fraction of sp³-hybridized carbons (Fsp3) is 0.500. The van der Waals surface area contributed by atoms with E-state index in [1.807, 2.05) is 0 Å². The van der Waals surface area contributed by atoms with Crippen molar-refractivity contribution in [3.8, 4) is 0 Å². The number of amides is 1. The van der Waals surface area contributed by atoms with Gasteiger partial charge in [0.1, 0.15) is 15.6 Å². The van der Waals surface area contributed by atoms with Gasteiger partial charge in [0.2, 0.25) is 0 Å². The van der Waals surface area contributed by atoms with Crippen LogP contribution in [0.25, 0.3) is 0 Å². The van der Waals surface area contributed by atoms with E-state index in [1.54, 1.807) is 20.8 Å². The van der Waals surface area contributed by atoms with Crippen molar-refractivity contribution >= 4 is 28.4 Å². The van der Waals surface area contributed by atoms with E-state index in [2.05, 4.69) is 10.3 Å². The molecule has 1 rings (SSSR count). The number of anilines is 1. The minimum Gasteiger partial charge on any atom is -0.476 e. The monoisotopic (exact) mass is 273 g/mol. The number of alkyl carbamates (subject to hydrolysis) is 1. The average Bonchev–Trinajstić information content (AvgIpc) is 2.54. The average molecular weight is 273 g/mol. The minimum absolute atomic E-state index is 0.0804. The maximum atomic E-state index is 11.4. The summed E-state index contributed by atoms with van der Waals surface area (Å²) in [6.07, 6.45) is -0.590. The number of hydrogen-bond donors (Lipinski definition) is 3. The molecule has 0 aromatic carbocycles. The number of nitrogens with two attached hydrogens (primary N) is 1. The highest BCUT2D eigenvalue weighted by molar-refractivity contribution is 7.15. The summed E-state index contributed by atoms with van der Waals surface area (Å²) >= 11 is 1.02. The van der Waals surface area contributed by atoms with E-state index >= 15 is 0 Å². The van der Waals surface area contributed by atoms with Gasteiger partial charge in [0.25, 0.3) is 0 Å². The van der Waals surface area contributed by atoms with Gasteiger partial charge in [-0.05, 0) is 20.8 Å². The number of ether oxygens (including phenoxy) is 1. The fourth-order valence-electron chi connectivity index (χ4n) is 1.07. The number of nitrogen functional groups attached to an aromatic ring is 1. The molecule has 0 saturated heterocycles. The smallest absolute Gasteiger partial charge is 0.408 e. The maximum absolute atomic E-state index is 11.4. The molecule has 0 atom stereocenters. The number of carbonyl (C=O) groups is 2. The Hall–Kier alpha value is -1.83. The minimum atomic E-state index is -1.19. The predicted molar refractivity (Wildman–Crippen MR) is 66.6 cm³/mol. The Morgan fingerprint density at radius 3 is 2.56 bits per heavy atom. The summed E-state index contributed by atoms with van der Waals surface area (Å²) in [5.74, 6) is -1.19. The van der Waals surface area contributed by atoms with Crippen molar-refractivity contribution in [2.45, 2.75) is 32.9 Å². The van der Waals surface area contributed by atoms with Crippen molar-refractivity contribution in [3.63, 3.8) is 0 Å². The highest BCUT2D eigenvalue weighted by atomic mass is 32.1. The van der Waals surface area contributed by atoms with Crippen molar-refractivity contribution < 1.29 is 19.4 Å². The second-order valence-electron chi connectivity index (χ2n) is 4.48. The molecule has 18 heavy (non-hydrogen) atoms. The van der Waals surface area contributed by atoms with Crippen LogP contribution >= 0.6 is 11.3 Å². The van der Waals surface area contributed by atoms with E-state index < -0.39 is 17.7 Å².